The SMILES string of the molecule is N=C1CCC(F)(F)CC1C[OH2+]. The number of hydrogen-bond acceptors (Lipinski definition) is 1. The molecule has 4 heteroatoms. The molecule has 0 saturated heterocycles. The van der Waals surface area contributed by atoms with Gasteiger partial charge in [-0.05, 0) is 6.42 Å². The summed E-state index contributed by atoms with van der Waals surface area (Å²) in [5.41, 5.74) is 0.325. The molecule has 0 amide bonds. The molecule has 0 radical (unpaired) electrons. The van der Waals surface area contributed by atoms with Crippen LogP contribution in [-0.4, -0.2) is 23.3 Å². The van der Waals surface area contributed by atoms with Gasteiger partial charge in [-0.2, -0.15) is 0 Å². The van der Waals surface area contributed by atoms with E-state index in [1.807, 2.05) is 0 Å². The molecule has 1 fully saturated rings. The maximum Gasteiger partial charge on any atom is 0.249 e. The Balaban J connectivity index is 2.58. The molecule has 1 atom stereocenters. The van der Waals surface area contributed by atoms with Crippen molar-refractivity contribution in [3.63, 3.8) is 0 Å². The summed E-state index contributed by atoms with van der Waals surface area (Å²) in [4.78, 5) is 0. The molecule has 0 heterocycles. The predicted octanol–water partition coefficient (Wildman–Crippen LogP) is 1.17. The highest BCUT2D eigenvalue weighted by molar-refractivity contribution is 5.84. The molecule has 1 aliphatic rings. The Morgan fingerprint density at radius 2 is 2.27 bits per heavy atom. The van der Waals surface area contributed by atoms with Crippen LogP contribution in [0.3, 0.4) is 0 Å². The van der Waals surface area contributed by atoms with Crippen LogP contribution in [-0.2, 0) is 0 Å². The Labute approximate surface area is 63.7 Å². The first-order valence-corrected chi connectivity index (χ1v) is 3.65. The molecule has 0 bridgehead atoms. The van der Waals surface area contributed by atoms with E-state index in [0.29, 0.717) is 5.71 Å². The fraction of sp³-hybridized carbons (Fsp3) is 0.857. The van der Waals surface area contributed by atoms with Crippen molar-refractivity contribution in [3.8, 4) is 0 Å². The summed E-state index contributed by atoms with van der Waals surface area (Å²) in [6, 6.07) is 0. The maximum atomic E-state index is 12.6. The van der Waals surface area contributed by atoms with Crippen LogP contribution in [0.1, 0.15) is 19.3 Å². The van der Waals surface area contributed by atoms with E-state index in [1.165, 1.54) is 0 Å². The van der Waals surface area contributed by atoms with E-state index in [0.717, 1.165) is 0 Å². The molecule has 3 N–H and O–H groups in total. The van der Waals surface area contributed by atoms with Gasteiger partial charge in [0.2, 0.25) is 5.92 Å². The van der Waals surface area contributed by atoms with E-state index in [1.54, 1.807) is 0 Å². The first kappa shape index (κ1) is 8.59. The molecule has 0 aromatic rings. The number of nitrogens with one attached hydrogen (secondary N) is 1. The minimum Gasteiger partial charge on any atom is -0.445 e. The molecule has 0 aromatic heterocycles. The van der Waals surface area contributed by atoms with Crippen molar-refractivity contribution in [2.75, 3.05) is 6.61 Å². The summed E-state index contributed by atoms with van der Waals surface area (Å²) in [6.45, 7) is -0.0750. The van der Waals surface area contributed by atoms with Gasteiger partial charge in [-0.15, -0.1) is 0 Å². The second-order valence-corrected chi connectivity index (χ2v) is 2.99. The molecule has 2 nitrogen and oxygen atoms in total. The van der Waals surface area contributed by atoms with E-state index in [9.17, 15) is 8.78 Å². The van der Waals surface area contributed by atoms with Crippen molar-refractivity contribution in [3.05, 3.63) is 0 Å². The third kappa shape index (κ3) is 1.96. The quantitative estimate of drug-likeness (QED) is 0.565. The zero-order valence-corrected chi connectivity index (χ0v) is 6.16. The molecule has 1 rings (SSSR count). The molecule has 1 saturated carbocycles. The van der Waals surface area contributed by atoms with Crippen molar-refractivity contribution in [2.24, 2.45) is 5.92 Å². The second kappa shape index (κ2) is 2.85. The third-order valence-corrected chi connectivity index (χ3v) is 2.04. The Morgan fingerprint density at radius 3 is 2.73 bits per heavy atom. The molecule has 11 heavy (non-hydrogen) atoms. The van der Waals surface area contributed by atoms with Crippen LogP contribution in [0, 0.1) is 11.3 Å². The predicted molar refractivity (Wildman–Crippen MR) is 38.5 cm³/mol. The van der Waals surface area contributed by atoms with Crippen molar-refractivity contribution in [2.45, 2.75) is 25.2 Å². The first-order valence-electron chi connectivity index (χ1n) is 3.65. The molecule has 0 spiro atoms. The zero-order valence-electron chi connectivity index (χ0n) is 6.16. The molecule has 64 valence electrons. The lowest BCUT2D eigenvalue weighted by atomic mass is 9.85. The van der Waals surface area contributed by atoms with Crippen molar-refractivity contribution in [1.29, 1.82) is 5.41 Å². The summed E-state index contributed by atoms with van der Waals surface area (Å²) >= 11 is 0. The van der Waals surface area contributed by atoms with Gasteiger partial charge in [-0.1, -0.05) is 0 Å². The van der Waals surface area contributed by atoms with Gasteiger partial charge in [0.1, 0.15) is 0 Å². The van der Waals surface area contributed by atoms with E-state index in [4.69, 9.17) is 10.5 Å². The van der Waals surface area contributed by atoms with Crippen LogP contribution >= 0.6 is 0 Å². The average molecular weight is 164 g/mol. The Bertz CT molecular complexity index is 170. The Kier molecular flexibility index (Phi) is 2.23. The Morgan fingerprint density at radius 1 is 1.64 bits per heavy atom. The van der Waals surface area contributed by atoms with Gasteiger partial charge in [-0.25, -0.2) is 8.78 Å². The van der Waals surface area contributed by atoms with Crippen LogP contribution in [0.4, 0.5) is 8.78 Å². The largest absolute Gasteiger partial charge is 0.445 e. The highest BCUT2D eigenvalue weighted by Crippen LogP contribution is 2.34. The number of rotatable bonds is 1. The summed E-state index contributed by atoms with van der Waals surface area (Å²) in [6.07, 6.45) is -0.339. The van der Waals surface area contributed by atoms with Crippen LogP contribution in [0.25, 0.3) is 0 Å². The maximum absolute atomic E-state index is 12.6. The highest BCUT2D eigenvalue weighted by atomic mass is 19.3. The number of alkyl halides is 2. The lowest BCUT2D eigenvalue weighted by molar-refractivity contribution is -0.0359. The minimum absolute atomic E-state index is 0.0750. The van der Waals surface area contributed by atoms with Gasteiger partial charge in [-0.3, -0.25) is 0 Å². The smallest absolute Gasteiger partial charge is 0.249 e. The average Bonchev–Trinajstić information content (AvgIpc) is 1.94. The van der Waals surface area contributed by atoms with E-state index < -0.39 is 11.8 Å². The molecular weight excluding hydrogens is 152 g/mol. The molecule has 0 aromatic carbocycles. The van der Waals surface area contributed by atoms with E-state index in [-0.39, 0.29) is 25.9 Å². The fourth-order valence-electron chi connectivity index (χ4n) is 1.30. The van der Waals surface area contributed by atoms with Gasteiger partial charge in [0.05, 0.1) is 5.92 Å². The third-order valence-electron chi connectivity index (χ3n) is 2.04. The molecular formula is C7H12F2NO+. The van der Waals surface area contributed by atoms with Crippen molar-refractivity contribution < 1.29 is 13.9 Å². The summed E-state index contributed by atoms with van der Waals surface area (Å²) in [5.74, 6) is -3.13. The van der Waals surface area contributed by atoms with Crippen LogP contribution in [0.15, 0.2) is 0 Å². The highest BCUT2D eigenvalue weighted by Gasteiger charge is 2.39. The Hall–Kier alpha value is -0.510. The standard InChI is InChI=1S/C7H11F2NO/c8-7(9)2-1-6(10)5(3-7)4-11/h5,10-11H,1-4H2/p+1. The minimum atomic E-state index is -2.63. The second-order valence-electron chi connectivity index (χ2n) is 2.99. The topological polar surface area (TPSA) is 46.8 Å². The van der Waals surface area contributed by atoms with Gasteiger partial charge in [0.25, 0.3) is 0 Å². The summed E-state index contributed by atoms with van der Waals surface area (Å²) < 4.78 is 25.3. The normalized spacial score (nSPS) is 30.5. The summed E-state index contributed by atoms with van der Waals surface area (Å²) in [5, 5.41) is 14.2. The summed E-state index contributed by atoms with van der Waals surface area (Å²) in [7, 11) is 0. The van der Waals surface area contributed by atoms with E-state index >= 15 is 0 Å². The fourth-order valence-corrected chi connectivity index (χ4v) is 1.30. The van der Waals surface area contributed by atoms with E-state index in [2.05, 4.69) is 0 Å². The van der Waals surface area contributed by atoms with Crippen molar-refractivity contribution >= 4 is 5.71 Å². The van der Waals surface area contributed by atoms with Gasteiger partial charge in [0.15, 0.2) is 6.61 Å². The number of hydrogen-bond donors (Lipinski definition) is 1. The molecule has 1 unspecified atom stereocenters. The monoisotopic (exact) mass is 164 g/mol. The lowest BCUT2D eigenvalue weighted by Crippen LogP contribution is -2.34. The lowest BCUT2D eigenvalue weighted by Gasteiger charge is -2.26. The van der Waals surface area contributed by atoms with Crippen LogP contribution in [0.5, 0.6) is 0 Å². The van der Waals surface area contributed by atoms with Crippen molar-refractivity contribution in [1.82, 2.24) is 0 Å². The molecule has 1 aliphatic carbocycles. The van der Waals surface area contributed by atoms with Gasteiger partial charge in [0, 0.05) is 18.6 Å². The van der Waals surface area contributed by atoms with Gasteiger partial charge < -0.3 is 10.5 Å². The first-order chi connectivity index (χ1) is 5.05. The number of halogens is 2. The zero-order chi connectivity index (χ0) is 8.48. The molecule has 0 aliphatic heterocycles. The van der Waals surface area contributed by atoms with Crippen LogP contribution < -0.4 is 0 Å². The van der Waals surface area contributed by atoms with Gasteiger partial charge >= 0.3 is 0 Å². The van der Waals surface area contributed by atoms with Crippen LogP contribution in [0.2, 0.25) is 0 Å².